The van der Waals surface area contributed by atoms with Crippen LogP contribution in [0, 0.1) is 5.92 Å². The lowest BCUT2D eigenvalue weighted by atomic mass is 10.0. The van der Waals surface area contributed by atoms with Crippen molar-refractivity contribution in [3.8, 4) is 0 Å². The van der Waals surface area contributed by atoms with Crippen LogP contribution in [-0.4, -0.2) is 81.2 Å². The maximum absolute atomic E-state index is 12.7. The molecule has 4 amide bonds. The lowest BCUT2D eigenvalue weighted by Crippen LogP contribution is -2.60. The average molecular weight is 475 g/mol. The smallest absolute Gasteiger partial charge is 0.326 e. The number of carboxylic acids is 2. The molecule has 0 saturated carbocycles. The van der Waals surface area contributed by atoms with Crippen molar-refractivity contribution in [1.29, 1.82) is 0 Å². The summed E-state index contributed by atoms with van der Waals surface area (Å²) >= 11 is 0. The van der Waals surface area contributed by atoms with Gasteiger partial charge in [0.25, 0.3) is 0 Å². The van der Waals surface area contributed by atoms with E-state index in [0.717, 1.165) is 0 Å². The Labute approximate surface area is 190 Å². The van der Waals surface area contributed by atoms with Gasteiger partial charge in [-0.05, 0) is 25.7 Å². The molecule has 188 valence electrons. The molecule has 5 unspecified atom stereocenters. The van der Waals surface area contributed by atoms with Crippen LogP contribution in [0.3, 0.4) is 0 Å². The van der Waals surface area contributed by atoms with Crippen LogP contribution in [0.4, 0.5) is 0 Å². The number of carbonyl (C=O) groups is 6. The SMILES string of the molecule is CC(C)CC(NC(=O)C(NC(=O)C(CCC(=O)O)NC(=O)C(N)CC(N)=O)C(C)O)C(=O)O. The molecule has 0 aliphatic heterocycles. The first kappa shape index (κ1) is 29.7. The molecular formula is C19H33N5O9. The molecule has 0 aromatic heterocycles. The van der Waals surface area contributed by atoms with Crippen molar-refractivity contribution in [2.24, 2.45) is 17.4 Å². The Kier molecular flexibility index (Phi) is 12.6. The first-order valence-electron chi connectivity index (χ1n) is 10.2. The highest BCUT2D eigenvalue weighted by molar-refractivity contribution is 5.95. The summed E-state index contributed by atoms with van der Waals surface area (Å²) in [6.07, 6.45) is -2.82. The van der Waals surface area contributed by atoms with E-state index in [0.29, 0.717) is 0 Å². The number of hydrogen-bond donors (Lipinski definition) is 8. The molecule has 0 aliphatic rings. The predicted octanol–water partition coefficient (Wildman–Crippen LogP) is -2.98. The van der Waals surface area contributed by atoms with E-state index >= 15 is 0 Å². The minimum atomic E-state index is -1.60. The van der Waals surface area contributed by atoms with Gasteiger partial charge in [-0.2, -0.15) is 0 Å². The van der Waals surface area contributed by atoms with E-state index in [1.54, 1.807) is 13.8 Å². The van der Waals surface area contributed by atoms with Crippen LogP contribution in [0.25, 0.3) is 0 Å². The molecule has 5 atom stereocenters. The van der Waals surface area contributed by atoms with Crippen molar-refractivity contribution < 1.29 is 44.1 Å². The fourth-order valence-corrected chi connectivity index (χ4v) is 2.74. The van der Waals surface area contributed by atoms with Crippen LogP contribution in [0.15, 0.2) is 0 Å². The van der Waals surface area contributed by atoms with Crippen molar-refractivity contribution in [3.63, 3.8) is 0 Å². The van der Waals surface area contributed by atoms with Gasteiger partial charge in [-0.15, -0.1) is 0 Å². The number of rotatable bonds is 15. The molecule has 0 aromatic rings. The normalized spacial score (nSPS) is 15.5. The Morgan fingerprint density at radius 2 is 1.39 bits per heavy atom. The monoisotopic (exact) mass is 475 g/mol. The highest BCUT2D eigenvalue weighted by atomic mass is 16.4. The molecule has 10 N–H and O–H groups in total. The number of nitrogens with two attached hydrogens (primary N) is 2. The molecular weight excluding hydrogens is 442 g/mol. The fourth-order valence-electron chi connectivity index (χ4n) is 2.74. The number of carboxylic acid groups (broad SMARTS) is 2. The summed E-state index contributed by atoms with van der Waals surface area (Å²) in [6, 6.07) is -5.75. The second kappa shape index (κ2) is 14.0. The van der Waals surface area contributed by atoms with Crippen molar-refractivity contribution in [1.82, 2.24) is 16.0 Å². The molecule has 14 nitrogen and oxygen atoms in total. The summed E-state index contributed by atoms with van der Waals surface area (Å²) in [6.45, 7) is 4.67. The summed E-state index contributed by atoms with van der Waals surface area (Å²) in [5.74, 6) is -6.49. The molecule has 0 spiro atoms. The number of hydrogen-bond acceptors (Lipinski definition) is 8. The van der Waals surface area contributed by atoms with Gasteiger partial charge in [-0.25, -0.2) is 4.79 Å². The van der Waals surface area contributed by atoms with E-state index in [1.165, 1.54) is 6.92 Å². The van der Waals surface area contributed by atoms with E-state index in [4.69, 9.17) is 16.6 Å². The van der Waals surface area contributed by atoms with Crippen LogP contribution < -0.4 is 27.4 Å². The molecule has 0 rings (SSSR count). The number of aliphatic carboxylic acids is 2. The van der Waals surface area contributed by atoms with Crippen molar-refractivity contribution in [2.45, 2.75) is 76.7 Å². The molecule has 0 aromatic carbocycles. The summed E-state index contributed by atoms with van der Waals surface area (Å²) in [4.78, 5) is 70.6. The van der Waals surface area contributed by atoms with E-state index in [2.05, 4.69) is 16.0 Å². The largest absolute Gasteiger partial charge is 0.481 e. The molecule has 14 heteroatoms. The molecule has 0 bridgehead atoms. The lowest BCUT2D eigenvalue weighted by Gasteiger charge is -2.26. The number of carbonyl (C=O) groups excluding carboxylic acids is 4. The van der Waals surface area contributed by atoms with Crippen LogP contribution in [0.1, 0.15) is 46.5 Å². The standard InChI is InChI=1S/C19H33N5O9/c1-8(2)6-12(19(32)33)23-18(31)15(9(3)25)24-17(30)11(4-5-14(27)28)22-16(29)10(20)7-13(21)26/h8-12,15,25H,4-7,20H2,1-3H3,(H2,21,26)(H,22,29)(H,23,31)(H,24,30)(H,27,28)(H,32,33). The molecule has 0 saturated heterocycles. The maximum atomic E-state index is 12.7. The Balaban J connectivity index is 5.50. The van der Waals surface area contributed by atoms with Gasteiger partial charge >= 0.3 is 11.9 Å². The minimum Gasteiger partial charge on any atom is -0.481 e. The van der Waals surface area contributed by atoms with Gasteiger partial charge in [0.15, 0.2) is 0 Å². The van der Waals surface area contributed by atoms with Crippen LogP contribution in [0.5, 0.6) is 0 Å². The van der Waals surface area contributed by atoms with E-state index in [9.17, 15) is 39.0 Å². The Morgan fingerprint density at radius 3 is 1.82 bits per heavy atom. The molecule has 0 radical (unpaired) electrons. The highest BCUT2D eigenvalue weighted by Crippen LogP contribution is 2.07. The van der Waals surface area contributed by atoms with Gasteiger partial charge in [0.1, 0.15) is 18.1 Å². The second-order valence-corrected chi connectivity index (χ2v) is 8.03. The number of aliphatic hydroxyl groups is 1. The molecule has 0 aliphatic carbocycles. The first-order valence-corrected chi connectivity index (χ1v) is 10.2. The zero-order chi connectivity index (χ0) is 25.9. The predicted molar refractivity (Wildman–Crippen MR) is 113 cm³/mol. The number of aliphatic hydroxyl groups excluding tert-OH is 1. The fraction of sp³-hybridized carbons (Fsp3) is 0.684. The van der Waals surface area contributed by atoms with Crippen LogP contribution in [0.2, 0.25) is 0 Å². The van der Waals surface area contributed by atoms with Crippen molar-refractivity contribution >= 4 is 35.6 Å². The first-order chi connectivity index (χ1) is 15.1. The number of nitrogens with one attached hydrogen (secondary N) is 3. The summed E-state index contributed by atoms with van der Waals surface area (Å²) in [5, 5.41) is 34.8. The Bertz CT molecular complexity index is 741. The Morgan fingerprint density at radius 1 is 0.848 bits per heavy atom. The van der Waals surface area contributed by atoms with Gasteiger partial charge in [0.2, 0.25) is 23.6 Å². The van der Waals surface area contributed by atoms with Gasteiger partial charge in [0.05, 0.1) is 18.6 Å². The second-order valence-electron chi connectivity index (χ2n) is 8.03. The number of primary amides is 1. The van der Waals surface area contributed by atoms with Gasteiger partial charge < -0.3 is 42.7 Å². The van der Waals surface area contributed by atoms with Gasteiger partial charge in [0, 0.05) is 6.42 Å². The third-order valence-corrected chi connectivity index (χ3v) is 4.42. The zero-order valence-corrected chi connectivity index (χ0v) is 18.7. The average Bonchev–Trinajstić information content (AvgIpc) is 2.66. The maximum Gasteiger partial charge on any atom is 0.326 e. The lowest BCUT2D eigenvalue weighted by molar-refractivity contribution is -0.143. The van der Waals surface area contributed by atoms with Crippen LogP contribution >= 0.6 is 0 Å². The van der Waals surface area contributed by atoms with Gasteiger partial charge in [-0.1, -0.05) is 13.8 Å². The van der Waals surface area contributed by atoms with Crippen molar-refractivity contribution in [2.75, 3.05) is 0 Å². The van der Waals surface area contributed by atoms with E-state index in [-0.39, 0.29) is 12.3 Å². The molecule has 0 heterocycles. The van der Waals surface area contributed by atoms with E-state index < -0.39 is 85.1 Å². The highest BCUT2D eigenvalue weighted by Gasteiger charge is 2.33. The number of amides is 4. The van der Waals surface area contributed by atoms with Crippen LogP contribution in [-0.2, 0) is 28.8 Å². The summed E-state index contributed by atoms with van der Waals surface area (Å²) in [5.41, 5.74) is 10.5. The minimum absolute atomic E-state index is 0.0776. The third-order valence-electron chi connectivity index (χ3n) is 4.42. The van der Waals surface area contributed by atoms with E-state index in [1.807, 2.05) is 0 Å². The topological polar surface area (TPSA) is 251 Å². The molecule has 33 heavy (non-hydrogen) atoms. The van der Waals surface area contributed by atoms with Crippen molar-refractivity contribution in [3.05, 3.63) is 0 Å². The zero-order valence-electron chi connectivity index (χ0n) is 18.7. The third kappa shape index (κ3) is 11.8. The summed E-state index contributed by atoms with van der Waals surface area (Å²) < 4.78 is 0. The Hall–Kier alpha value is -3.26. The molecule has 0 fully saturated rings. The quantitative estimate of drug-likeness (QED) is 0.119. The van der Waals surface area contributed by atoms with Gasteiger partial charge in [-0.3, -0.25) is 24.0 Å². The summed E-state index contributed by atoms with van der Waals surface area (Å²) in [7, 11) is 0.